The van der Waals surface area contributed by atoms with E-state index in [1.165, 1.54) is 11.8 Å². The van der Waals surface area contributed by atoms with Crippen molar-refractivity contribution < 1.29 is 14.7 Å². The molecule has 0 saturated carbocycles. The first-order chi connectivity index (χ1) is 6.07. The van der Waals surface area contributed by atoms with Crippen LogP contribution in [-0.4, -0.2) is 41.1 Å². The maximum absolute atomic E-state index is 10.9. The minimum absolute atomic E-state index is 0.0925. The summed E-state index contributed by atoms with van der Waals surface area (Å²) in [7, 11) is 0. The zero-order valence-corrected chi connectivity index (χ0v) is 8.26. The highest BCUT2D eigenvalue weighted by atomic mass is 32.2. The van der Waals surface area contributed by atoms with Crippen molar-refractivity contribution in [3.8, 4) is 0 Å². The molecule has 1 atom stereocenters. The number of thioether (sulfide) groups is 1. The van der Waals surface area contributed by atoms with Crippen molar-refractivity contribution in [3.63, 3.8) is 0 Å². The topological polar surface area (TPSA) is 92.4 Å². The molecule has 0 aromatic heterocycles. The molecule has 0 aliphatic heterocycles. The van der Waals surface area contributed by atoms with Gasteiger partial charge in [-0.3, -0.25) is 9.59 Å². The minimum Gasteiger partial charge on any atom is -0.480 e. The fourth-order valence-electron chi connectivity index (χ4n) is 0.598. The number of amides is 1. The molecule has 0 rings (SSSR count). The lowest BCUT2D eigenvalue weighted by Crippen LogP contribution is -2.33. The van der Waals surface area contributed by atoms with Gasteiger partial charge in [-0.1, -0.05) is 0 Å². The van der Waals surface area contributed by atoms with E-state index in [0.717, 1.165) is 0 Å². The number of nitrogens with two attached hydrogens (primary N) is 1. The summed E-state index contributed by atoms with van der Waals surface area (Å²) in [5.41, 5.74) is 5.22. The zero-order chi connectivity index (χ0) is 10.3. The van der Waals surface area contributed by atoms with Crippen LogP contribution in [0.25, 0.3) is 0 Å². The maximum Gasteiger partial charge on any atom is 0.321 e. The van der Waals surface area contributed by atoms with Gasteiger partial charge < -0.3 is 16.2 Å². The molecule has 1 amide bonds. The Labute approximate surface area is 81.1 Å². The predicted octanol–water partition coefficient (Wildman–Crippen LogP) is -0.732. The van der Waals surface area contributed by atoms with E-state index in [1.54, 1.807) is 0 Å². The molecule has 5 nitrogen and oxygen atoms in total. The number of carbonyl (C=O) groups excluding carboxylic acids is 1. The second-order valence-corrected chi connectivity index (χ2v) is 3.44. The van der Waals surface area contributed by atoms with E-state index in [1.807, 2.05) is 6.92 Å². The Kier molecular flexibility index (Phi) is 6.34. The quantitative estimate of drug-likeness (QED) is 0.532. The van der Waals surface area contributed by atoms with Gasteiger partial charge in [0.1, 0.15) is 6.04 Å². The SMILES string of the molecule is CCNC(=O)CSCC(N)C(=O)O. The fraction of sp³-hybridized carbons (Fsp3) is 0.714. The van der Waals surface area contributed by atoms with Gasteiger partial charge in [0.05, 0.1) is 5.75 Å². The summed E-state index contributed by atoms with van der Waals surface area (Å²) in [6, 6.07) is -0.889. The van der Waals surface area contributed by atoms with Gasteiger partial charge in [-0.15, -0.1) is 11.8 Å². The molecule has 4 N–H and O–H groups in total. The summed E-state index contributed by atoms with van der Waals surface area (Å²) < 4.78 is 0. The van der Waals surface area contributed by atoms with Crippen molar-refractivity contribution in [3.05, 3.63) is 0 Å². The van der Waals surface area contributed by atoms with Crippen LogP contribution in [0.3, 0.4) is 0 Å². The normalized spacial score (nSPS) is 12.2. The Balaban J connectivity index is 3.44. The van der Waals surface area contributed by atoms with Crippen molar-refractivity contribution in [1.82, 2.24) is 5.32 Å². The number of hydrogen-bond acceptors (Lipinski definition) is 4. The van der Waals surface area contributed by atoms with Crippen molar-refractivity contribution in [2.45, 2.75) is 13.0 Å². The Morgan fingerprint density at radius 3 is 2.69 bits per heavy atom. The van der Waals surface area contributed by atoms with Crippen LogP contribution < -0.4 is 11.1 Å². The minimum atomic E-state index is -1.04. The highest BCUT2D eigenvalue weighted by Gasteiger charge is 2.11. The van der Waals surface area contributed by atoms with E-state index < -0.39 is 12.0 Å². The van der Waals surface area contributed by atoms with Crippen molar-refractivity contribution >= 4 is 23.6 Å². The second kappa shape index (κ2) is 6.73. The first kappa shape index (κ1) is 12.2. The number of nitrogens with one attached hydrogen (secondary N) is 1. The average Bonchev–Trinajstić information content (AvgIpc) is 2.04. The monoisotopic (exact) mass is 206 g/mol. The van der Waals surface area contributed by atoms with Crippen LogP contribution in [0, 0.1) is 0 Å². The van der Waals surface area contributed by atoms with E-state index in [2.05, 4.69) is 5.32 Å². The third kappa shape index (κ3) is 6.41. The Hall–Kier alpha value is -0.750. The molecular weight excluding hydrogens is 192 g/mol. The first-order valence-electron chi connectivity index (χ1n) is 3.90. The Morgan fingerprint density at radius 1 is 1.62 bits per heavy atom. The molecule has 0 fully saturated rings. The second-order valence-electron chi connectivity index (χ2n) is 2.41. The molecule has 0 aliphatic carbocycles. The van der Waals surface area contributed by atoms with E-state index in [0.29, 0.717) is 6.54 Å². The van der Waals surface area contributed by atoms with Gasteiger partial charge in [0, 0.05) is 12.3 Å². The standard InChI is InChI=1S/C7H14N2O3S/c1-2-9-6(10)4-13-3-5(8)7(11)12/h5H,2-4,8H2,1H3,(H,9,10)(H,11,12). The smallest absolute Gasteiger partial charge is 0.321 e. The molecule has 0 aliphatic rings. The predicted molar refractivity (Wildman–Crippen MR) is 51.6 cm³/mol. The largest absolute Gasteiger partial charge is 0.480 e. The summed E-state index contributed by atoms with van der Waals surface area (Å²) in [5, 5.41) is 11.0. The van der Waals surface area contributed by atoms with Crippen LogP contribution in [0.4, 0.5) is 0 Å². The molecule has 0 saturated heterocycles. The van der Waals surface area contributed by atoms with Crippen LogP contribution in [-0.2, 0) is 9.59 Å². The molecule has 0 aromatic carbocycles. The van der Waals surface area contributed by atoms with Crippen LogP contribution >= 0.6 is 11.8 Å². The third-order valence-electron chi connectivity index (χ3n) is 1.22. The lowest BCUT2D eigenvalue weighted by atomic mass is 10.4. The molecule has 13 heavy (non-hydrogen) atoms. The van der Waals surface area contributed by atoms with Gasteiger partial charge in [0.15, 0.2) is 0 Å². The third-order valence-corrected chi connectivity index (χ3v) is 2.28. The summed E-state index contributed by atoms with van der Waals surface area (Å²) in [5.74, 6) is -0.616. The molecule has 76 valence electrons. The lowest BCUT2D eigenvalue weighted by Gasteiger charge is -2.05. The van der Waals surface area contributed by atoms with Gasteiger partial charge in [0.2, 0.25) is 5.91 Å². The number of hydrogen-bond donors (Lipinski definition) is 3. The van der Waals surface area contributed by atoms with Crippen LogP contribution in [0.5, 0.6) is 0 Å². The molecular formula is C7H14N2O3S. The van der Waals surface area contributed by atoms with Crippen molar-refractivity contribution in [2.24, 2.45) is 5.73 Å². The van der Waals surface area contributed by atoms with E-state index in [4.69, 9.17) is 10.8 Å². The zero-order valence-electron chi connectivity index (χ0n) is 7.45. The highest BCUT2D eigenvalue weighted by molar-refractivity contribution is 8.00. The number of aliphatic carboxylic acids is 1. The van der Waals surface area contributed by atoms with Gasteiger partial charge in [0.25, 0.3) is 0 Å². The van der Waals surface area contributed by atoms with Crippen molar-refractivity contribution in [2.75, 3.05) is 18.1 Å². The van der Waals surface area contributed by atoms with Gasteiger partial charge in [-0.2, -0.15) is 0 Å². The van der Waals surface area contributed by atoms with Gasteiger partial charge >= 0.3 is 5.97 Å². The van der Waals surface area contributed by atoms with E-state index >= 15 is 0 Å². The van der Waals surface area contributed by atoms with E-state index in [-0.39, 0.29) is 17.4 Å². The molecule has 0 heterocycles. The molecule has 0 bridgehead atoms. The molecule has 0 radical (unpaired) electrons. The summed E-state index contributed by atoms with van der Waals surface area (Å²) in [4.78, 5) is 21.1. The first-order valence-corrected chi connectivity index (χ1v) is 5.06. The van der Waals surface area contributed by atoms with E-state index in [9.17, 15) is 9.59 Å². The molecule has 6 heteroatoms. The average molecular weight is 206 g/mol. The van der Waals surface area contributed by atoms with Crippen LogP contribution in [0.2, 0.25) is 0 Å². The number of carboxylic acids is 1. The maximum atomic E-state index is 10.9. The fourth-order valence-corrected chi connectivity index (χ4v) is 1.40. The number of carbonyl (C=O) groups is 2. The number of carboxylic acid groups (broad SMARTS) is 1. The molecule has 1 unspecified atom stereocenters. The molecule has 0 aromatic rings. The number of rotatable bonds is 6. The highest BCUT2D eigenvalue weighted by Crippen LogP contribution is 2.00. The summed E-state index contributed by atoms with van der Waals surface area (Å²) >= 11 is 1.22. The van der Waals surface area contributed by atoms with Crippen LogP contribution in [0.15, 0.2) is 0 Å². The van der Waals surface area contributed by atoms with Crippen LogP contribution in [0.1, 0.15) is 6.92 Å². The Bertz CT molecular complexity index is 187. The molecule has 0 spiro atoms. The summed E-state index contributed by atoms with van der Waals surface area (Å²) in [6.07, 6.45) is 0. The Morgan fingerprint density at radius 2 is 2.23 bits per heavy atom. The van der Waals surface area contributed by atoms with Crippen molar-refractivity contribution in [1.29, 1.82) is 0 Å². The van der Waals surface area contributed by atoms with Gasteiger partial charge in [-0.05, 0) is 6.92 Å². The summed E-state index contributed by atoms with van der Waals surface area (Å²) in [6.45, 7) is 2.41. The van der Waals surface area contributed by atoms with Gasteiger partial charge in [-0.25, -0.2) is 0 Å². The lowest BCUT2D eigenvalue weighted by molar-refractivity contribution is -0.137.